The van der Waals surface area contributed by atoms with Gasteiger partial charge in [0.05, 0.1) is 37.3 Å². The summed E-state index contributed by atoms with van der Waals surface area (Å²) >= 11 is 0. The number of halogens is 6. The number of rotatable bonds is 12. The molecule has 0 aliphatic carbocycles. The fourth-order valence-electron chi connectivity index (χ4n) is 3.57. The summed E-state index contributed by atoms with van der Waals surface area (Å²) in [6.07, 6.45) is 1.15. The van der Waals surface area contributed by atoms with Gasteiger partial charge in [-0.2, -0.15) is 26.3 Å². The van der Waals surface area contributed by atoms with Crippen LogP contribution in [0.1, 0.15) is 90.2 Å². The van der Waals surface area contributed by atoms with E-state index in [0.29, 0.717) is 0 Å². The van der Waals surface area contributed by atoms with E-state index in [2.05, 4.69) is 27.7 Å². The van der Waals surface area contributed by atoms with Crippen LogP contribution in [0.5, 0.6) is 5.75 Å². The Morgan fingerprint density at radius 3 is 1.09 bits per heavy atom. The highest BCUT2D eigenvalue weighted by molar-refractivity contribution is 5.35. The third-order valence-corrected chi connectivity index (χ3v) is 5.51. The molecule has 0 bridgehead atoms. The number of hydrogen-bond donors (Lipinski definition) is 0. The van der Waals surface area contributed by atoms with Crippen molar-refractivity contribution in [2.45, 2.75) is 91.4 Å². The minimum atomic E-state index is -4.96. The Labute approximate surface area is 189 Å². The highest BCUT2D eigenvalue weighted by Crippen LogP contribution is 2.37. The van der Waals surface area contributed by atoms with Crippen molar-refractivity contribution in [3.05, 3.63) is 29.3 Å². The van der Waals surface area contributed by atoms with Gasteiger partial charge < -0.3 is 9.59 Å². The summed E-state index contributed by atoms with van der Waals surface area (Å²) in [7, 11) is 0. The summed E-state index contributed by atoms with van der Waals surface area (Å²) in [6, 6.07) is 0.145. The van der Waals surface area contributed by atoms with E-state index in [0.717, 1.165) is 0 Å². The first kappa shape index (κ1) is 30.6. The summed E-state index contributed by atoms with van der Waals surface area (Å²) in [5, 5.41) is 10.6. The van der Waals surface area contributed by atoms with E-state index in [-0.39, 0.29) is 18.2 Å². The van der Waals surface area contributed by atoms with Crippen LogP contribution in [-0.2, 0) is 12.4 Å². The molecule has 0 aromatic heterocycles. The molecule has 0 radical (unpaired) electrons. The maximum absolute atomic E-state index is 12.0. The molecule has 0 saturated heterocycles. The van der Waals surface area contributed by atoms with Crippen molar-refractivity contribution >= 4 is 0 Å². The van der Waals surface area contributed by atoms with Crippen LogP contribution in [0.25, 0.3) is 0 Å². The van der Waals surface area contributed by atoms with E-state index in [9.17, 15) is 31.4 Å². The van der Waals surface area contributed by atoms with E-state index in [1.807, 2.05) is 0 Å². The Hall–Kier alpha value is -1.44. The molecule has 0 heterocycles. The minimum absolute atomic E-state index is 0.0958. The minimum Gasteiger partial charge on any atom is -0.872 e. The van der Waals surface area contributed by atoms with Crippen LogP contribution in [-0.4, -0.2) is 30.7 Å². The van der Waals surface area contributed by atoms with Gasteiger partial charge >= 0.3 is 12.4 Å². The second-order valence-corrected chi connectivity index (χ2v) is 8.39. The smallest absolute Gasteiger partial charge is 0.416 e. The summed E-state index contributed by atoms with van der Waals surface area (Å²) in [4.78, 5) is 0. The highest BCUT2D eigenvalue weighted by Gasteiger charge is 2.36. The van der Waals surface area contributed by atoms with Gasteiger partial charge in [0.25, 0.3) is 0 Å². The van der Waals surface area contributed by atoms with Crippen LogP contribution < -0.4 is 5.11 Å². The zero-order chi connectivity index (χ0) is 24.8. The highest BCUT2D eigenvalue weighted by atomic mass is 19.4. The lowest BCUT2D eigenvalue weighted by atomic mass is 10.1. The SMILES string of the molecule is CCCC[N+](CCCC)(CCCC)CCCC.[O-]c1cc(C(F)(F)F)cc(C(F)(F)F)c1. The number of quaternary nitrogens is 1. The number of unbranched alkanes of at least 4 members (excludes halogenated alkanes) is 4. The molecule has 0 saturated carbocycles. The summed E-state index contributed by atoms with van der Waals surface area (Å²) in [5.74, 6) is -1.32. The lowest BCUT2D eigenvalue weighted by Gasteiger charge is -2.39. The van der Waals surface area contributed by atoms with Crippen molar-refractivity contribution in [3.63, 3.8) is 0 Å². The quantitative estimate of drug-likeness (QED) is 0.225. The Balaban J connectivity index is 0.000000604. The predicted molar refractivity (Wildman–Crippen MR) is 115 cm³/mol. The molecule has 0 aliphatic heterocycles. The number of nitrogens with zero attached hydrogens (tertiary/aromatic N) is 1. The molecule has 188 valence electrons. The molecule has 0 aliphatic rings. The average Bonchev–Trinajstić information content (AvgIpc) is 2.71. The van der Waals surface area contributed by atoms with Crippen molar-refractivity contribution in [2.24, 2.45) is 0 Å². The second-order valence-electron chi connectivity index (χ2n) is 8.39. The van der Waals surface area contributed by atoms with Crippen LogP contribution in [0.15, 0.2) is 18.2 Å². The van der Waals surface area contributed by atoms with Crippen LogP contribution in [0.2, 0.25) is 0 Å². The third kappa shape index (κ3) is 12.0. The van der Waals surface area contributed by atoms with E-state index in [1.165, 1.54) is 82.0 Å². The molecule has 1 aromatic carbocycles. The van der Waals surface area contributed by atoms with Crippen molar-refractivity contribution in [2.75, 3.05) is 26.2 Å². The molecule has 0 N–H and O–H groups in total. The van der Waals surface area contributed by atoms with Gasteiger partial charge in [-0.15, -0.1) is 5.75 Å². The summed E-state index contributed by atoms with van der Waals surface area (Å²) in [6.45, 7) is 15.0. The Morgan fingerprint density at radius 2 is 0.875 bits per heavy atom. The van der Waals surface area contributed by atoms with Gasteiger partial charge in [0.2, 0.25) is 0 Å². The molecule has 0 unspecified atom stereocenters. The molecule has 2 nitrogen and oxygen atoms in total. The van der Waals surface area contributed by atoms with E-state index in [1.54, 1.807) is 0 Å². The molecule has 1 aromatic rings. The lowest BCUT2D eigenvalue weighted by Crippen LogP contribution is -2.50. The number of hydrogen-bond acceptors (Lipinski definition) is 1. The lowest BCUT2D eigenvalue weighted by molar-refractivity contribution is -0.929. The fourth-order valence-corrected chi connectivity index (χ4v) is 3.57. The number of benzene rings is 1. The number of alkyl halides is 6. The van der Waals surface area contributed by atoms with Gasteiger partial charge in [-0.25, -0.2) is 0 Å². The van der Waals surface area contributed by atoms with Gasteiger partial charge in [0, 0.05) is 0 Å². The van der Waals surface area contributed by atoms with Gasteiger partial charge in [-0.3, -0.25) is 0 Å². The first-order valence-corrected chi connectivity index (χ1v) is 11.7. The predicted octanol–water partition coefficient (Wildman–Crippen LogP) is 7.80. The van der Waals surface area contributed by atoms with E-state index >= 15 is 0 Å². The van der Waals surface area contributed by atoms with Gasteiger partial charge in [-0.05, 0) is 31.7 Å². The van der Waals surface area contributed by atoms with Crippen molar-refractivity contribution in [1.82, 2.24) is 0 Å². The topological polar surface area (TPSA) is 23.1 Å². The second kappa shape index (κ2) is 14.7. The molecule has 32 heavy (non-hydrogen) atoms. The standard InChI is InChI=1S/C16H36N.C8H4F6O/c1-5-9-13-17(14-10-6-2,15-11-7-3)16-12-8-4;9-7(10,11)4-1-5(8(12,13)14)3-6(15)2-4/h5-16H2,1-4H3;1-3,15H/q+1;/p-1. The van der Waals surface area contributed by atoms with Gasteiger partial charge in [-0.1, -0.05) is 65.5 Å². The van der Waals surface area contributed by atoms with E-state index < -0.39 is 29.2 Å². The first-order chi connectivity index (χ1) is 14.8. The van der Waals surface area contributed by atoms with Gasteiger partial charge in [0.1, 0.15) is 0 Å². The molecule has 1 rings (SSSR count). The molecule has 0 spiro atoms. The summed E-state index contributed by atoms with van der Waals surface area (Å²) in [5.41, 5.74) is -3.19. The zero-order valence-corrected chi connectivity index (χ0v) is 19.8. The zero-order valence-electron chi connectivity index (χ0n) is 19.8. The Kier molecular flexibility index (Phi) is 14.0. The fraction of sp³-hybridized carbons (Fsp3) is 0.750. The maximum Gasteiger partial charge on any atom is 0.416 e. The van der Waals surface area contributed by atoms with Crippen LogP contribution in [0.3, 0.4) is 0 Å². The van der Waals surface area contributed by atoms with Crippen LogP contribution >= 0.6 is 0 Å². The summed E-state index contributed by atoms with van der Waals surface area (Å²) < 4.78 is 73.6. The van der Waals surface area contributed by atoms with E-state index in [4.69, 9.17) is 0 Å². The largest absolute Gasteiger partial charge is 0.872 e. The molecule has 8 heteroatoms. The Morgan fingerprint density at radius 1 is 0.594 bits per heavy atom. The Bertz CT molecular complexity index is 558. The molecule has 0 amide bonds. The van der Waals surface area contributed by atoms with Crippen LogP contribution in [0.4, 0.5) is 26.3 Å². The van der Waals surface area contributed by atoms with Gasteiger partial charge in [0.15, 0.2) is 0 Å². The molecular formula is C24H39F6NO. The normalized spacial score (nSPS) is 12.4. The van der Waals surface area contributed by atoms with Crippen molar-refractivity contribution < 1.29 is 35.9 Å². The van der Waals surface area contributed by atoms with Crippen LogP contribution in [0, 0.1) is 0 Å². The molecular weight excluding hydrogens is 432 g/mol. The monoisotopic (exact) mass is 471 g/mol. The maximum atomic E-state index is 12.0. The van der Waals surface area contributed by atoms with Crippen molar-refractivity contribution in [3.8, 4) is 5.75 Å². The molecule has 0 atom stereocenters. The average molecular weight is 472 g/mol. The first-order valence-electron chi connectivity index (χ1n) is 11.7. The molecule has 0 fully saturated rings. The third-order valence-electron chi connectivity index (χ3n) is 5.51. The van der Waals surface area contributed by atoms with Crippen molar-refractivity contribution in [1.29, 1.82) is 0 Å².